The summed E-state index contributed by atoms with van der Waals surface area (Å²) >= 11 is 6.11. The number of aliphatic imine (C=N–C) groups is 1. The van der Waals surface area contributed by atoms with Crippen molar-refractivity contribution < 1.29 is 9.47 Å². The van der Waals surface area contributed by atoms with E-state index in [2.05, 4.69) is 4.99 Å². The maximum atomic E-state index is 6.11. The molecule has 0 aliphatic rings. The SMILES string of the molecule is CCOc1ccc(C=Nc2cccc(Cl)c2C)cc1OCC. The Bertz CT molecular complexity index is 668. The highest BCUT2D eigenvalue weighted by molar-refractivity contribution is 6.31. The molecule has 0 aliphatic heterocycles. The molecule has 0 unspecified atom stereocenters. The normalized spacial score (nSPS) is 10.9. The van der Waals surface area contributed by atoms with Crippen LogP contribution in [0.5, 0.6) is 11.5 Å². The number of ether oxygens (including phenoxy) is 2. The van der Waals surface area contributed by atoms with Gasteiger partial charge < -0.3 is 9.47 Å². The molecule has 0 atom stereocenters. The Morgan fingerprint density at radius 3 is 2.50 bits per heavy atom. The van der Waals surface area contributed by atoms with Gasteiger partial charge in [0.1, 0.15) is 0 Å². The fourth-order valence-corrected chi connectivity index (χ4v) is 2.20. The van der Waals surface area contributed by atoms with E-state index in [1.54, 1.807) is 6.21 Å². The summed E-state index contributed by atoms with van der Waals surface area (Å²) in [6.45, 7) is 7.06. The minimum atomic E-state index is 0.591. The van der Waals surface area contributed by atoms with Gasteiger partial charge in [0.2, 0.25) is 0 Å². The zero-order chi connectivity index (χ0) is 15.9. The van der Waals surface area contributed by atoms with Crippen LogP contribution in [0.25, 0.3) is 0 Å². The van der Waals surface area contributed by atoms with Crippen molar-refractivity contribution in [2.24, 2.45) is 4.99 Å². The predicted octanol–water partition coefficient (Wildman–Crippen LogP) is 5.20. The van der Waals surface area contributed by atoms with E-state index in [1.165, 1.54) is 0 Å². The van der Waals surface area contributed by atoms with Crippen molar-refractivity contribution in [3.05, 3.63) is 52.5 Å². The second kappa shape index (κ2) is 7.85. The molecule has 0 aromatic heterocycles. The average molecular weight is 318 g/mol. The molecule has 0 heterocycles. The maximum absolute atomic E-state index is 6.11. The fourth-order valence-electron chi connectivity index (χ4n) is 2.03. The number of hydrogen-bond acceptors (Lipinski definition) is 3. The van der Waals surface area contributed by atoms with E-state index in [0.717, 1.165) is 33.3 Å². The van der Waals surface area contributed by atoms with Crippen LogP contribution in [-0.4, -0.2) is 19.4 Å². The molecule has 0 saturated heterocycles. The highest BCUT2D eigenvalue weighted by Gasteiger charge is 2.05. The van der Waals surface area contributed by atoms with Crippen molar-refractivity contribution in [3.8, 4) is 11.5 Å². The van der Waals surface area contributed by atoms with Crippen molar-refractivity contribution >= 4 is 23.5 Å². The number of rotatable bonds is 6. The molecule has 2 aromatic rings. The molecule has 22 heavy (non-hydrogen) atoms. The first-order chi connectivity index (χ1) is 10.7. The second-order valence-electron chi connectivity index (χ2n) is 4.71. The van der Waals surface area contributed by atoms with Gasteiger partial charge >= 0.3 is 0 Å². The van der Waals surface area contributed by atoms with Gasteiger partial charge in [-0.05, 0) is 62.2 Å². The van der Waals surface area contributed by atoms with Crippen LogP contribution in [0.3, 0.4) is 0 Å². The Balaban J connectivity index is 2.27. The van der Waals surface area contributed by atoms with Gasteiger partial charge in [-0.1, -0.05) is 17.7 Å². The quantitative estimate of drug-likeness (QED) is 0.686. The molecule has 2 aromatic carbocycles. The second-order valence-corrected chi connectivity index (χ2v) is 5.12. The van der Waals surface area contributed by atoms with E-state index in [9.17, 15) is 0 Å². The predicted molar refractivity (Wildman–Crippen MR) is 92.2 cm³/mol. The molecule has 2 rings (SSSR count). The van der Waals surface area contributed by atoms with Crippen LogP contribution >= 0.6 is 11.6 Å². The van der Waals surface area contributed by atoms with Gasteiger partial charge in [0.15, 0.2) is 11.5 Å². The molecule has 4 heteroatoms. The molecule has 0 amide bonds. The molecule has 0 radical (unpaired) electrons. The molecule has 0 N–H and O–H groups in total. The van der Waals surface area contributed by atoms with Gasteiger partial charge in [0, 0.05) is 11.2 Å². The number of hydrogen-bond donors (Lipinski definition) is 0. The lowest BCUT2D eigenvalue weighted by molar-refractivity contribution is 0.288. The average Bonchev–Trinajstić information content (AvgIpc) is 2.51. The summed E-state index contributed by atoms with van der Waals surface area (Å²) in [4.78, 5) is 4.51. The molecule has 0 fully saturated rings. The maximum Gasteiger partial charge on any atom is 0.161 e. The summed E-state index contributed by atoms with van der Waals surface area (Å²) in [7, 11) is 0. The van der Waals surface area contributed by atoms with E-state index in [4.69, 9.17) is 21.1 Å². The first-order valence-corrected chi connectivity index (χ1v) is 7.72. The van der Waals surface area contributed by atoms with Crippen LogP contribution in [0, 0.1) is 6.92 Å². The molecule has 0 aliphatic carbocycles. The summed E-state index contributed by atoms with van der Waals surface area (Å²) in [6.07, 6.45) is 1.80. The third-order valence-electron chi connectivity index (χ3n) is 3.16. The number of nitrogens with zero attached hydrogens (tertiary/aromatic N) is 1. The van der Waals surface area contributed by atoms with Crippen LogP contribution in [0.1, 0.15) is 25.0 Å². The molecule has 116 valence electrons. The Labute approximate surface area is 136 Å². The van der Waals surface area contributed by atoms with Gasteiger partial charge in [-0.25, -0.2) is 0 Å². The smallest absolute Gasteiger partial charge is 0.161 e. The lowest BCUT2D eigenvalue weighted by Gasteiger charge is -2.11. The van der Waals surface area contributed by atoms with Crippen LogP contribution in [0.15, 0.2) is 41.4 Å². The molecule has 3 nitrogen and oxygen atoms in total. The highest BCUT2D eigenvalue weighted by atomic mass is 35.5. The largest absolute Gasteiger partial charge is 0.490 e. The Kier molecular flexibility index (Phi) is 5.84. The fraction of sp³-hybridized carbons (Fsp3) is 0.278. The monoisotopic (exact) mass is 317 g/mol. The zero-order valence-corrected chi connectivity index (χ0v) is 13.9. The van der Waals surface area contributed by atoms with Crippen molar-refractivity contribution in [3.63, 3.8) is 0 Å². The molecule has 0 spiro atoms. The summed E-state index contributed by atoms with van der Waals surface area (Å²) < 4.78 is 11.2. The summed E-state index contributed by atoms with van der Waals surface area (Å²) in [5.74, 6) is 1.48. The first-order valence-electron chi connectivity index (χ1n) is 7.34. The Hall–Kier alpha value is -2.00. The summed E-state index contributed by atoms with van der Waals surface area (Å²) in [5.41, 5.74) is 2.78. The molecule has 0 bridgehead atoms. The minimum absolute atomic E-state index is 0.591. The van der Waals surface area contributed by atoms with Crippen LogP contribution < -0.4 is 9.47 Å². The van der Waals surface area contributed by atoms with Crippen molar-refractivity contribution in [2.45, 2.75) is 20.8 Å². The van der Waals surface area contributed by atoms with E-state index in [0.29, 0.717) is 13.2 Å². The van der Waals surface area contributed by atoms with E-state index >= 15 is 0 Å². The Morgan fingerprint density at radius 2 is 1.77 bits per heavy atom. The van der Waals surface area contributed by atoms with E-state index in [1.807, 2.05) is 57.2 Å². The van der Waals surface area contributed by atoms with E-state index < -0.39 is 0 Å². The summed E-state index contributed by atoms with van der Waals surface area (Å²) in [5, 5.41) is 0.719. The number of benzene rings is 2. The summed E-state index contributed by atoms with van der Waals surface area (Å²) in [6, 6.07) is 11.5. The highest BCUT2D eigenvalue weighted by Crippen LogP contribution is 2.29. The first kappa shape index (κ1) is 16.4. The Morgan fingerprint density at radius 1 is 1.05 bits per heavy atom. The van der Waals surface area contributed by atoms with Crippen molar-refractivity contribution in [1.82, 2.24) is 0 Å². The molecule has 0 saturated carbocycles. The van der Waals surface area contributed by atoms with Gasteiger partial charge in [0.05, 0.1) is 18.9 Å². The van der Waals surface area contributed by atoms with Crippen LogP contribution in [0.4, 0.5) is 5.69 Å². The minimum Gasteiger partial charge on any atom is -0.490 e. The molecular weight excluding hydrogens is 298 g/mol. The van der Waals surface area contributed by atoms with E-state index in [-0.39, 0.29) is 0 Å². The third kappa shape index (κ3) is 4.01. The van der Waals surface area contributed by atoms with Crippen molar-refractivity contribution in [2.75, 3.05) is 13.2 Å². The lowest BCUT2D eigenvalue weighted by atomic mass is 10.2. The standard InChI is InChI=1S/C18H20ClNO2/c1-4-21-17-10-9-14(11-18(17)22-5-2)12-20-16-8-6-7-15(19)13(16)3/h6-12H,4-5H2,1-3H3. The van der Waals surface area contributed by atoms with Gasteiger partial charge in [-0.3, -0.25) is 4.99 Å². The topological polar surface area (TPSA) is 30.8 Å². The van der Waals surface area contributed by atoms with Gasteiger partial charge in [-0.15, -0.1) is 0 Å². The van der Waals surface area contributed by atoms with Gasteiger partial charge in [-0.2, -0.15) is 0 Å². The lowest BCUT2D eigenvalue weighted by Crippen LogP contribution is -1.99. The van der Waals surface area contributed by atoms with Crippen LogP contribution in [-0.2, 0) is 0 Å². The van der Waals surface area contributed by atoms with Crippen molar-refractivity contribution in [1.29, 1.82) is 0 Å². The zero-order valence-electron chi connectivity index (χ0n) is 13.1. The number of halogens is 1. The molecular formula is C18H20ClNO2. The third-order valence-corrected chi connectivity index (χ3v) is 3.57. The van der Waals surface area contributed by atoms with Gasteiger partial charge in [0.25, 0.3) is 0 Å². The van der Waals surface area contributed by atoms with Crippen LogP contribution in [0.2, 0.25) is 5.02 Å².